The minimum absolute atomic E-state index is 0.0494. The molecule has 0 unspecified atom stereocenters. The van der Waals surface area contributed by atoms with E-state index in [-0.39, 0.29) is 18.2 Å². The zero-order valence-corrected chi connectivity index (χ0v) is 18.6. The van der Waals surface area contributed by atoms with Gasteiger partial charge in [-0.25, -0.2) is 0 Å². The van der Waals surface area contributed by atoms with Crippen molar-refractivity contribution in [3.05, 3.63) is 95.0 Å². The predicted molar refractivity (Wildman–Crippen MR) is 128 cm³/mol. The Kier molecular flexibility index (Phi) is 9.14. The van der Waals surface area contributed by atoms with Crippen molar-refractivity contribution in [1.29, 1.82) is 0 Å². The SMILES string of the molecule is O=C(CCCC(=O)Nc1ccc(OCc2ccccc2)cc1)NCCc1ccc(Cl)cc1. The van der Waals surface area contributed by atoms with Gasteiger partial charge in [-0.2, -0.15) is 0 Å². The number of halogens is 1. The van der Waals surface area contributed by atoms with Crippen LogP contribution in [0.1, 0.15) is 30.4 Å². The van der Waals surface area contributed by atoms with Crippen molar-refractivity contribution in [2.24, 2.45) is 0 Å². The molecule has 3 aromatic rings. The first-order valence-electron chi connectivity index (χ1n) is 10.7. The van der Waals surface area contributed by atoms with Gasteiger partial charge in [0, 0.05) is 30.1 Å². The van der Waals surface area contributed by atoms with Crippen LogP contribution in [-0.2, 0) is 22.6 Å². The van der Waals surface area contributed by atoms with E-state index in [4.69, 9.17) is 16.3 Å². The summed E-state index contributed by atoms with van der Waals surface area (Å²) in [6.45, 7) is 1.06. The van der Waals surface area contributed by atoms with Gasteiger partial charge < -0.3 is 15.4 Å². The molecule has 0 radical (unpaired) electrons. The van der Waals surface area contributed by atoms with Gasteiger partial charge in [-0.1, -0.05) is 54.1 Å². The van der Waals surface area contributed by atoms with E-state index in [0.29, 0.717) is 36.7 Å². The average molecular weight is 451 g/mol. The van der Waals surface area contributed by atoms with Gasteiger partial charge >= 0.3 is 0 Å². The Labute approximate surface area is 193 Å². The molecule has 0 aliphatic carbocycles. The molecule has 3 aromatic carbocycles. The number of carbonyl (C=O) groups is 2. The third kappa shape index (κ3) is 8.44. The summed E-state index contributed by atoms with van der Waals surface area (Å²) in [4.78, 5) is 24.1. The number of amides is 2. The van der Waals surface area contributed by atoms with Gasteiger partial charge in [0.2, 0.25) is 11.8 Å². The maximum Gasteiger partial charge on any atom is 0.224 e. The van der Waals surface area contributed by atoms with Crippen molar-refractivity contribution in [2.75, 3.05) is 11.9 Å². The molecule has 2 N–H and O–H groups in total. The van der Waals surface area contributed by atoms with Crippen LogP contribution in [0, 0.1) is 0 Å². The molecule has 5 nitrogen and oxygen atoms in total. The lowest BCUT2D eigenvalue weighted by Gasteiger charge is -2.09. The highest BCUT2D eigenvalue weighted by atomic mass is 35.5. The monoisotopic (exact) mass is 450 g/mol. The van der Waals surface area contributed by atoms with Crippen LogP contribution in [0.2, 0.25) is 5.02 Å². The lowest BCUT2D eigenvalue weighted by Crippen LogP contribution is -2.25. The standard InChI is InChI=1S/C26H27ClN2O3/c27-22-11-9-20(10-12-22)17-18-28-25(30)7-4-8-26(31)29-23-13-15-24(16-14-23)32-19-21-5-2-1-3-6-21/h1-3,5-6,9-16H,4,7-8,17-19H2,(H,28,30)(H,29,31). The van der Waals surface area contributed by atoms with Gasteiger partial charge in [0.1, 0.15) is 12.4 Å². The summed E-state index contributed by atoms with van der Waals surface area (Å²) >= 11 is 5.86. The zero-order chi connectivity index (χ0) is 22.6. The molecule has 0 saturated carbocycles. The third-order valence-electron chi connectivity index (χ3n) is 4.84. The molecular formula is C26H27ClN2O3. The predicted octanol–water partition coefficient (Wildman–Crippen LogP) is 5.39. The van der Waals surface area contributed by atoms with Gasteiger partial charge in [-0.05, 0) is 60.4 Å². The molecule has 0 atom stereocenters. The summed E-state index contributed by atoms with van der Waals surface area (Å²) in [7, 11) is 0. The van der Waals surface area contributed by atoms with Crippen LogP contribution in [0.5, 0.6) is 5.75 Å². The second kappa shape index (κ2) is 12.5. The molecule has 0 heterocycles. The number of rotatable bonds is 11. The van der Waals surface area contributed by atoms with Gasteiger partial charge in [-0.15, -0.1) is 0 Å². The number of ether oxygens (including phenoxy) is 1. The highest BCUT2D eigenvalue weighted by molar-refractivity contribution is 6.30. The van der Waals surface area contributed by atoms with Crippen LogP contribution in [0.25, 0.3) is 0 Å². The Hall–Kier alpha value is -3.31. The summed E-state index contributed by atoms with van der Waals surface area (Å²) in [5.41, 5.74) is 2.92. The summed E-state index contributed by atoms with van der Waals surface area (Å²) in [5, 5.41) is 6.43. The van der Waals surface area contributed by atoms with Gasteiger partial charge in [0.25, 0.3) is 0 Å². The van der Waals surface area contributed by atoms with E-state index in [1.807, 2.05) is 78.9 Å². The molecule has 0 aliphatic rings. The van der Waals surface area contributed by atoms with E-state index in [0.717, 1.165) is 23.3 Å². The van der Waals surface area contributed by atoms with Gasteiger partial charge in [0.15, 0.2) is 0 Å². The van der Waals surface area contributed by atoms with Gasteiger partial charge in [-0.3, -0.25) is 9.59 Å². The largest absolute Gasteiger partial charge is 0.489 e. The fourth-order valence-corrected chi connectivity index (χ4v) is 3.22. The molecule has 3 rings (SSSR count). The normalized spacial score (nSPS) is 10.4. The molecule has 32 heavy (non-hydrogen) atoms. The molecule has 0 fully saturated rings. The second-order valence-corrected chi connectivity index (χ2v) is 7.86. The van der Waals surface area contributed by atoms with Crippen LogP contribution in [0.4, 0.5) is 5.69 Å². The number of anilines is 1. The van der Waals surface area contributed by atoms with Crippen LogP contribution in [0.15, 0.2) is 78.9 Å². The molecular weight excluding hydrogens is 424 g/mol. The first-order valence-corrected chi connectivity index (χ1v) is 11.0. The molecule has 2 amide bonds. The summed E-state index contributed by atoms with van der Waals surface area (Å²) < 4.78 is 5.75. The fourth-order valence-electron chi connectivity index (χ4n) is 3.09. The molecule has 0 bridgehead atoms. The number of hydrogen-bond acceptors (Lipinski definition) is 3. The number of carbonyl (C=O) groups excluding carboxylic acids is 2. The van der Waals surface area contributed by atoms with Crippen LogP contribution in [0.3, 0.4) is 0 Å². The first-order chi connectivity index (χ1) is 15.6. The quantitative estimate of drug-likeness (QED) is 0.411. The Morgan fingerprint density at radius 3 is 2.19 bits per heavy atom. The third-order valence-corrected chi connectivity index (χ3v) is 5.10. The minimum atomic E-state index is -0.114. The van der Waals surface area contributed by atoms with E-state index in [2.05, 4.69) is 10.6 Å². The lowest BCUT2D eigenvalue weighted by molar-refractivity contribution is -0.121. The summed E-state index contributed by atoms with van der Waals surface area (Å²) in [5.74, 6) is 0.575. The van der Waals surface area contributed by atoms with Crippen molar-refractivity contribution in [2.45, 2.75) is 32.3 Å². The molecule has 0 spiro atoms. The Balaban J connectivity index is 1.29. The van der Waals surface area contributed by atoms with Crippen LogP contribution >= 0.6 is 11.6 Å². The Morgan fingerprint density at radius 2 is 1.47 bits per heavy atom. The van der Waals surface area contributed by atoms with Crippen molar-refractivity contribution < 1.29 is 14.3 Å². The van der Waals surface area contributed by atoms with Crippen LogP contribution < -0.4 is 15.4 Å². The number of benzene rings is 3. The Morgan fingerprint density at radius 1 is 0.781 bits per heavy atom. The number of nitrogens with one attached hydrogen (secondary N) is 2. The Bertz CT molecular complexity index is 990. The molecule has 166 valence electrons. The second-order valence-electron chi connectivity index (χ2n) is 7.43. The fraction of sp³-hybridized carbons (Fsp3) is 0.231. The van der Waals surface area contributed by atoms with E-state index >= 15 is 0 Å². The van der Waals surface area contributed by atoms with E-state index in [1.165, 1.54) is 0 Å². The summed E-state index contributed by atoms with van der Waals surface area (Å²) in [6, 6.07) is 24.8. The maximum atomic E-state index is 12.1. The molecule has 0 aliphatic heterocycles. The summed E-state index contributed by atoms with van der Waals surface area (Å²) in [6.07, 6.45) is 1.85. The smallest absolute Gasteiger partial charge is 0.224 e. The van der Waals surface area contributed by atoms with Crippen molar-refractivity contribution in [1.82, 2.24) is 5.32 Å². The topological polar surface area (TPSA) is 67.4 Å². The molecule has 0 saturated heterocycles. The highest BCUT2D eigenvalue weighted by Crippen LogP contribution is 2.17. The number of hydrogen-bond donors (Lipinski definition) is 2. The van der Waals surface area contributed by atoms with Crippen molar-refractivity contribution in [3.8, 4) is 5.75 Å². The first kappa shape index (κ1) is 23.4. The maximum absolute atomic E-state index is 12.1. The van der Waals surface area contributed by atoms with Crippen LogP contribution in [-0.4, -0.2) is 18.4 Å². The van der Waals surface area contributed by atoms with E-state index < -0.39 is 0 Å². The van der Waals surface area contributed by atoms with E-state index in [9.17, 15) is 9.59 Å². The average Bonchev–Trinajstić information content (AvgIpc) is 2.80. The molecule has 6 heteroatoms. The van der Waals surface area contributed by atoms with Gasteiger partial charge in [0.05, 0.1) is 0 Å². The lowest BCUT2D eigenvalue weighted by atomic mass is 10.1. The van der Waals surface area contributed by atoms with E-state index in [1.54, 1.807) is 0 Å². The minimum Gasteiger partial charge on any atom is -0.489 e. The molecule has 0 aromatic heterocycles. The highest BCUT2D eigenvalue weighted by Gasteiger charge is 2.06. The van der Waals surface area contributed by atoms with Crippen molar-refractivity contribution in [3.63, 3.8) is 0 Å². The zero-order valence-electron chi connectivity index (χ0n) is 17.9. The van der Waals surface area contributed by atoms with Crippen molar-refractivity contribution >= 4 is 29.1 Å².